The molecule has 0 radical (unpaired) electrons. The van der Waals surface area contributed by atoms with Crippen molar-refractivity contribution in [1.82, 2.24) is 4.81 Å². The van der Waals surface area contributed by atoms with Crippen molar-refractivity contribution in [3.63, 3.8) is 0 Å². The molecule has 1 aliphatic heterocycles. The highest BCUT2D eigenvalue weighted by atomic mass is 15.0. The summed E-state index contributed by atoms with van der Waals surface area (Å²) in [6.07, 6.45) is 5.81. The number of nitrogens with zero attached hydrogens (tertiary/aromatic N) is 1. The van der Waals surface area contributed by atoms with Crippen molar-refractivity contribution in [2.75, 3.05) is 13.1 Å². The fourth-order valence-corrected chi connectivity index (χ4v) is 2.01. The molecule has 1 rings (SSSR count). The maximum atomic E-state index is 2.59. The van der Waals surface area contributed by atoms with Gasteiger partial charge in [-0.25, -0.2) is 0 Å². The summed E-state index contributed by atoms with van der Waals surface area (Å²) in [6, 6.07) is 0. The summed E-state index contributed by atoms with van der Waals surface area (Å²) in [5.41, 5.74) is 0. The molecular formula is C8H18BN. The first-order chi connectivity index (χ1) is 4.88. The molecule has 10 heavy (non-hydrogen) atoms. The average Bonchev–Trinajstić information content (AvgIpc) is 2.43. The zero-order chi connectivity index (χ0) is 7.40. The fourth-order valence-electron chi connectivity index (χ4n) is 2.01. The molecule has 1 saturated heterocycles. The van der Waals surface area contributed by atoms with Crippen LogP contribution in [0.1, 0.15) is 26.7 Å². The molecule has 0 aliphatic carbocycles. The van der Waals surface area contributed by atoms with Gasteiger partial charge in [0.25, 0.3) is 0 Å². The minimum Gasteiger partial charge on any atom is -0.342 e. The molecule has 1 fully saturated rings. The molecule has 0 aromatic carbocycles. The van der Waals surface area contributed by atoms with Crippen LogP contribution in [0.5, 0.6) is 0 Å². The monoisotopic (exact) mass is 139 g/mol. The Balaban J connectivity index is 2.29. The zero-order valence-corrected chi connectivity index (χ0v) is 7.27. The van der Waals surface area contributed by atoms with Gasteiger partial charge in [0.2, 0.25) is 6.85 Å². The van der Waals surface area contributed by atoms with E-state index in [1.807, 2.05) is 0 Å². The predicted molar refractivity (Wildman–Crippen MR) is 47.5 cm³/mol. The smallest absolute Gasteiger partial charge is 0.223 e. The van der Waals surface area contributed by atoms with E-state index in [-0.39, 0.29) is 0 Å². The third-order valence-electron chi connectivity index (χ3n) is 2.65. The normalized spacial score (nSPS) is 18.9. The Bertz CT molecular complexity index is 85.3. The van der Waals surface area contributed by atoms with Crippen LogP contribution in [0.15, 0.2) is 0 Å². The minimum absolute atomic E-state index is 0.926. The van der Waals surface area contributed by atoms with Gasteiger partial charge in [-0.2, -0.15) is 0 Å². The lowest BCUT2D eigenvalue weighted by atomic mass is 9.58. The van der Waals surface area contributed by atoms with Crippen molar-refractivity contribution in [3.8, 4) is 0 Å². The average molecular weight is 139 g/mol. The Morgan fingerprint density at radius 2 is 1.60 bits per heavy atom. The predicted octanol–water partition coefficient (Wildman–Crippen LogP) is 2.11. The van der Waals surface area contributed by atoms with Crippen LogP contribution in [0.4, 0.5) is 0 Å². The topological polar surface area (TPSA) is 3.24 Å². The summed E-state index contributed by atoms with van der Waals surface area (Å²) < 4.78 is 0. The lowest BCUT2D eigenvalue weighted by Gasteiger charge is -2.22. The van der Waals surface area contributed by atoms with E-state index in [2.05, 4.69) is 18.7 Å². The maximum absolute atomic E-state index is 2.59. The molecule has 0 unspecified atom stereocenters. The molecular weight excluding hydrogens is 121 g/mol. The van der Waals surface area contributed by atoms with Gasteiger partial charge >= 0.3 is 0 Å². The maximum Gasteiger partial charge on any atom is 0.223 e. The van der Waals surface area contributed by atoms with Gasteiger partial charge in [0.1, 0.15) is 0 Å². The van der Waals surface area contributed by atoms with Crippen LogP contribution in [-0.4, -0.2) is 24.7 Å². The van der Waals surface area contributed by atoms with E-state index in [4.69, 9.17) is 0 Å². The summed E-state index contributed by atoms with van der Waals surface area (Å²) in [7, 11) is 0. The summed E-state index contributed by atoms with van der Waals surface area (Å²) in [6.45, 7) is 7.93. The Kier molecular flexibility index (Phi) is 3.27. The van der Waals surface area contributed by atoms with Crippen LogP contribution >= 0.6 is 0 Å². The quantitative estimate of drug-likeness (QED) is 0.541. The molecule has 0 amide bonds. The number of rotatable bonds is 3. The second kappa shape index (κ2) is 4.02. The van der Waals surface area contributed by atoms with Gasteiger partial charge in [-0.15, -0.1) is 0 Å². The Morgan fingerprint density at radius 3 is 2.00 bits per heavy atom. The molecule has 0 saturated carbocycles. The van der Waals surface area contributed by atoms with E-state index in [0.29, 0.717) is 0 Å². The molecule has 1 nitrogen and oxygen atoms in total. The van der Waals surface area contributed by atoms with Gasteiger partial charge in [0.05, 0.1) is 0 Å². The molecule has 1 heterocycles. The number of hydrogen-bond acceptors (Lipinski definition) is 1. The molecule has 0 aromatic rings. The van der Waals surface area contributed by atoms with Gasteiger partial charge in [0, 0.05) is 0 Å². The Labute approximate surface area is 64.9 Å². The van der Waals surface area contributed by atoms with Gasteiger partial charge in [-0.05, 0) is 13.1 Å². The van der Waals surface area contributed by atoms with Crippen LogP contribution in [0, 0.1) is 0 Å². The van der Waals surface area contributed by atoms with Crippen molar-refractivity contribution < 1.29 is 0 Å². The van der Waals surface area contributed by atoms with Crippen molar-refractivity contribution in [3.05, 3.63) is 0 Å². The summed E-state index contributed by atoms with van der Waals surface area (Å²) in [5.74, 6) is 0. The minimum atomic E-state index is 0.926. The fraction of sp³-hybridized carbons (Fsp3) is 1.00. The summed E-state index contributed by atoms with van der Waals surface area (Å²) >= 11 is 0. The summed E-state index contributed by atoms with van der Waals surface area (Å²) in [4.78, 5) is 2.59. The first kappa shape index (κ1) is 8.12. The largest absolute Gasteiger partial charge is 0.342 e. The van der Waals surface area contributed by atoms with E-state index < -0.39 is 0 Å². The summed E-state index contributed by atoms with van der Waals surface area (Å²) in [5, 5.41) is 0. The second-order valence-corrected chi connectivity index (χ2v) is 3.16. The van der Waals surface area contributed by atoms with E-state index in [0.717, 1.165) is 6.85 Å². The zero-order valence-electron chi connectivity index (χ0n) is 7.27. The molecule has 0 atom stereocenters. The van der Waals surface area contributed by atoms with E-state index >= 15 is 0 Å². The van der Waals surface area contributed by atoms with E-state index in [1.165, 1.54) is 38.6 Å². The highest BCUT2D eigenvalue weighted by Gasteiger charge is 2.23. The van der Waals surface area contributed by atoms with Gasteiger partial charge < -0.3 is 4.81 Å². The van der Waals surface area contributed by atoms with E-state index in [1.54, 1.807) is 0 Å². The molecule has 0 N–H and O–H groups in total. The first-order valence-corrected chi connectivity index (χ1v) is 4.62. The van der Waals surface area contributed by atoms with Gasteiger partial charge in [0.15, 0.2) is 0 Å². The van der Waals surface area contributed by atoms with Crippen molar-refractivity contribution in [2.24, 2.45) is 0 Å². The van der Waals surface area contributed by atoms with Crippen LogP contribution in [0.3, 0.4) is 0 Å². The molecule has 1 aliphatic rings. The Hall–Kier alpha value is 0.0249. The van der Waals surface area contributed by atoms with Crippen LogP contribution in [-0.2, 0) is 0 Å². The Morgan fingerprint density at radius 1 is 1.10 bits per heavy atom. The van der Waals surface area contributed by atoms with Crippen LogP contribution in [0.2, 0.25) is 12.6 Å². The van der Waals surface area contributed by atoms with E-state index in [9.17, 15) is 0 Å². The van der Waals surface area contributed by atoms with Crippen molar-refractivity contribution in [2.45, 2.75) is 39.3 Å². The van der Waals surface area contributed by atoms with Crippen LogP contribution in [0.25, 0.3) is 0 Å². The lowest BCUT2D eigenvalue weighted by molar-refractivity contribution is 0.479. The molecule has 0 bridgehead atoms. The third kappa shape index (κ3) is 1.75. The highest BCUT2D eigenvalue weighted by molar-refractivity contribution is 6.56. The number of hydrogen-bond donors (Lipinski definition) is 0. The van der Waals surface area contributed by atoms with Gasteiger partial charge in [-0.1, -0.05) is 39.3 Å². The third-order valence-corrected chi connectivity index (χ3v) is 2.65. The highest BCUT2D eigenvalue weighted by Crippen LogP contribution is 2.21. The lowest BCUT2D eigenvalue weighted by Crippen LogP contribution is -2.36. The molecule has 0 spiro atoms. The second-order valence-electron chi connectivity index (χ2n) is 3.16. The molecule has 58 valence electrons. The standard InChI is InChI=1S/C8H18BN/c1-3-10(4-2)9-7-5-6-8-9/h3-8H2,1-2H3. The molecule has 0 aromatic heterocycles. The SMILES string of the molecule is CCN(CC)B1CCCC1. The van der Waals surface area contributed by atoms with Gasteiger partial charge in [-0.3, -0.25) is 0 Å². The first-order valence-electron chi connectivity index (χ1n) is 4.62. The van der Waals surface area contributed by atoms with Crippen molar-refractivity contribution in [1.29, 1.82) is 0 Å². The molecule has 2 heteroatoms. The van der Waals surface area contributed by atoms with Crippen LogP contribution < -0.4 is 0 Å². The van der Waals surface area contributed by atoms with Crippen molar-refractivity contribution >= 4 is 6.85 Å².